The van der Waals surface area contributed by atoms with Gasteiger partial charge in [-0.1, -0.05) is 41.4 Å². The Morgan fingerprint density at radius 3 is 2.80 bits per heavy atom. The van der Waals surface area contributed by atoms with E-state index >= 15 is 0 Å². The molecule has 0 atom stereocenters. The van der Waals surface area contributed by atoms with Gasteiger partial charge in [0.15, 0.2) is 5.69 Å². The molecule has 1 heterocycles. The Morgan fingerprint density at radius 1 is 1.15 bits per heavy atom. The van der Waals surface area contributed by atoms with Crippen molar-refractivity contribution < 1.29 is 4.79 Å². The number of nitrogens with one attached hydrogen (secondary N) is 2. The van der Waals surface area contributed by atoms with E-state index in [0.717, 1.165) is 10.9 Å². The molecule has 100 valence electrons. The average Bonchev–Trinajstić information content (AvgIpc) is 2.87. The van der Waals surface area contributed by atoms with Crippen LogP contribution in [0, 0.1) is 0 Å². The van der Waals surface area contributed by atoms with Crippen molar-refractivity contribution in [2.45, 2.75) is 0 Å². The van der Waals surface area contributed by atoms with Gasteiger partial charge in [0.05, 0.1) is 16.2 Å². The first kappa shape index (κ1) is 13.0. The van der Waals surface area contributed by atoms with Gasteiger partial charge in [-0.15, -0.1) is 0 Å². The Hall–Kier alpha value is -2.04. The van der Waals surface area contributed by atoms with Crippen LogP contribution in [0.15, 0.2) is 42.5 Å². The lowest BCUT2D eigenvalue weighted by Gasteiger charge is -2.06. The van der Waals surface area contributed by atoms with Gasteiger partial charge in [-0.2, -0.15) is 5.10 Å². The number of para-hydroxylation sites is 1. The number of anilines is 1. The molecule has 0 bridgehead atoms. The number of hydrogen-bond acceptors (Lipinski definition) is 2. The fourth-order valence-corrected chi connectivity index (χ4v) is 2.25. The summed E-state index contributed by atoms with van der Waals surface area (Å²) < 4.78 is 0. The molecule has 0 saturated heterocycles. The highest BCUT2D eigenvalue weighted by atomic mass is 35.5. The molecular formula is C14H9Cl2N3O. The molecule has 0 unspecified atom stereocenters. The quantitative estimate of drug-likeness (QED) is 0.748. The van der Waals surface area contributed by atoms with Crippen molar-refractivity contribution >= 4 is 45.7 Å². The molecule has 0 aliphatic carbocycles. The summed E-state index contributed by atoms with van der Waals surface area (Å²) in [7, 11) is 0. The maximum absolute atomic E-state index is 12.3. The topological polar surface area (TPSA) is 57.8 Å². The van der Waals surface area contributed by atoms with Crippen molar-refractivity contribution in [3.05, 3.63) is 58.2 Å². The third kappa shape index (κ3) is 2.35. The molecule has 0 fully saturated rings. The molecule has 2 aromatic carbocycles. The second-order valence-corrected chi connectivity index (χ2v) is 5.04. The number of aromatic nitrogens is 2. The number of carbonyl (C=O) groups excluding carboxylic acids is 1. The largest absolute Gasteiger partial charge is 0.319 e. The zero-order chi connectivity index (χ0) is 14.1. The van der Waals surface area contributed by atoms with Gasteiger partial charge in [-0.05, 0) is 24.3 Å². The van der Waals surface area contributed by atoms with Gasteiger partial charge >= 0.3 is 0 Å². The van der Waals surface area contributed by atoms with Crippen LogP contribution in [0.5, 0.6) is 0 Å². The van der Waals surface area contributed by atoms with Crippen LogP contribution in [0.4, 0.5) is 5.69 Å². The minimum absolute atomic E-state index is 0.316. The predicted molar refractivity (Wildman–Crippen MR) is 80.5 cm³/mol. The Labute approximate surface area is 124 Å². The van der Waals surface area contributed by atoms with E-state index in [9.17, 15) is 4.79 Å². The monoisotopic (exact) mass is 305 g/mol. The number of hydrogen-bond donors (Lipinski definition) is 2. The summed E-state index contributed by atoms with van der Waals surface area (Å²) in [5.74, 6) is -0.341. The lowest BCUT2D eigenvalue weighted by Crippen LogP contribution is -2.13. The first-order chi connectivity index (χ1) is 9.65. The van der Waals surface area contributed by atoms with Gasteiger partial charge < -0.3 is 5.32 Å². The van der Waals surface area contributed by atoms with Crippen LogP contribution in [-0.4, -0.2) is 16.1 Å². The predicted octanol–water partition coefficient (Wildman–Crippen LogP) is 4.12. The van der Waals surface area contributed by atoms with Crippen LogP contribution in [0.2, 0.25) is 10.0 Å². The summed E-state index contributed by atoms with van der Waals surface area (Å²) in [5, 5.41) is 11.2. The van der Waals surface area contributed by atoms with Gasteiger partial charge in [0.25, 0.3) is 5.91 Å². The first-order valence-corrected chi connectivity index (χ1v) is 6.60. The number of fused-ring (bicyclic) bond motifs is 1. The highest BCUT2D eigenvalue weighted by Crippen LogP contribution is 2.26. The first-order valence-electron chi connectivity index (χ1n) is 5.84. The van der Waals surface area contributed by atoms with Crippen LogP contribution in [0.3, 0.4) is 0 Å². The van der Waals surface area contributed by atoms with Gasteiger partial charge in [0.2, 0.25) is 0 Å². The van der Waals surface area contributed by atoms with Gasteiger partial charge in [-0.3, -0.25) is 9.89 Å². The molecule has 3 rings (SSSR count). The summed E-state index contributed by atoms with van der Waals surface area (Å²) in [4.78, 5) is 12.3. The smallest absolute Gasteiger partial charge is 0.276 e. The lowest BCUT2D eigenvalue weighted by atomic mass is 10.2. The molecule has 1 amide bonds. The molecule has 0 aliphatic rings. The van der Waals surface area contributed by atoms with Crippen molar-refractivity contribution in [1.82, 2.24) is 10.2 Å². The Bertz CT molecular complexity index is 798. The maximum Gasteiger partial charge on any atom is 0.276 e. The van der Waals surface area contributed by atoms with E-state index in [1.165, 1.54) is 0 Å². The van der Waals surface area contributed by atoms with Crippen molar-refractivity contribution in [1.29, 1.82) is 0 Å². The third-order valence-electron chi connectivity index (χ3n) is 2.86. The Morgan fingerprint density at radius 2 is 1.95 bits per heavy atom. The van der Waals surface area contributed by atoms with E-state index in [-0.39, 0.29) is 5.91 Å². The number of H-pyrrole nitrogens is 1. The van der Waals surface area contributed by atoms with E-state index in [1.807, 2.05) is 24.3 Å². The Balaban J connectivity index is 1.95. The fourth-order valence-electron chi connectivity index (χ4n) is 1.91. The van der Waals surface area contributed by atoms with Crippen molar-refractivity contribution in [3.8, 4) is 0 Å². The average molecular weight is 306 g/mol. The number of halogens is 2. The van der Waals surface area contributed by atoms with E-state index in [0.29, 0.717) is 21.4 Å². The molecule has 3 aromatic rings. The van der Waals surface area contributed by atoms with Crippen LogP contribution < -0.4 is 5.32 Å². The van der Waals surface area contributed by atoms with Crippen molar-refractivity contribution in [2.24, 2.45) is 0 Å². The summed E-state index contributed by atoms with van der Waals surface area (Å²) in [6.45, 7) is 0. The summed E-state index contributed by atoms with van der Waals surface area (Å²) >= 11 is 11.9. The minimum Gasteiger partial charge on any atom is -0.319 e. The van der Waals surface area contributed by atoms with E-state index in [4.69, 9.17) is 23.2 Å². The minimum atomic E-state index is -0.341. The zero-order valence-corrected chi connectivity index (χ0v) is 11.7. The van der Waals surface area contributed by atoms with Crippen molar-refractivity contribution in [3.63, 3.8) is 0 Å². The molecule has 20 heavy (non-hydrogen) atoms. The lowest BCUT2D eigenvalue weighted by molar-refractivity contribution is 0.102. The molecular weight excluding hydrogens is 297 g/mol. The third-order valence-corrected chi connectivity index (χ3v) is 3.43. The van der Waals surface area contributed by atoms with Crippen molar-refractivity contribution in [2.75, 3.05) is 5.32 Å². The molecule has 2 N–H and O–H groups in total. The van der Waals surface area contributed by atoms with Gasteiger partial charge in [0.1, 0.15) is 0 Å². The summed E-state index contributed by atoms with van der Waals surface area (Å²) in [6, 6.07) is 12.3. The van der Waals surface area contributed by atoms with E-state index in [2.05, 4.69) is 15.5 Å². The molecule has 0 saturated carbocycles. The van der Waals surface area contributed by atoms with E-state index < -0.39 is 0 Å². The SMILES string of the molecule is O=C(Nc1cc(Cl)ccc1Cl)c1n[nH]c2ccccc12. The highest BCUT2D eigenvalue weighted by molar-refractivity contribution is 6.36. The normalized spacial score (nSPS) is 10.7. The van der Waals surface area contributed by atoms with Gasteiger partial charge in [-0.25, -0.2) is 0 Å². The van der Waals surface area contributed by atoms with Crippen LogP contribution in [0.1, 0.15) is 10.5 Å². The summed E-state index contributed by atoms with van der Waals surface area (Å²) in [6.07, 6.45) is 0. The van der Waals surface area contributed by atoms with Crippen LogP contribution in [0.25, 0.3) is 10.9 Å². The second kappa shape index (κ2) is 5.15. The molecule has 6 heteroatoms. The summed E-state index contributed by atoms with van der Waals surface area (Å²) in [5.41, 5.74) is 1.57. The van der Waals surface area contributed by atoms with Crippen LogP contribution >= 0.6 is 23.2 Å². The number of amides is 1. The van der Waals surface area contributed by atoms with Gasteiger partial charge in [0, 0.05) is 10.4 Å². The molecule has 4 nitrogen and oxygen atoms in total. The standard InChI is InChI=1S/C14H9Cl2N3O/c15-8-5-6-10(16)12(7-8)17-14(20)13-9-3-1-2-4-11(9)18-19-13/h1-7H,(H,17,20)(H,18,19). The fraction of sp³-hybridized carbons (Fsp3) is 0. The van der Waals surface area contributed by atoms with E-state index in [1.54, 1.807) is 18.2 Å². The van der Waals surface area contributed by atoms with Crippen LogP contribution in [-0.2, 0) is 0 Å². The number of carbonyl (C=O) groups is 1. The molecule has 0 aliphatic heterocycles. The number of aromatic amines is 1. The number of nitrogens with zero attached hydrogens (tertiary/aromatic N) is 1. The molecule has 1 aromatic heterocycles. The second-order valence-electron chi connectivity index (χ2n) is 4.20. The highest BCUT2D eigenvalue weighted by Gasteiger charge is 2.15. The number of rotatable bonds is 2. The Kier molecular flexibility index (Phi) is 3.34. The molecule has 0 spiro atoms. The molecule has 0 radical (unpaired) electrons. The zero-order valence-electron chi connectivity index (χ0n) is 10.2. The number of benzene rings is 2. The maximum atomic E-state index is 12.3.